The molecule has 0 fully saturated rings. The maximum atomic E-state index is 6.34. The Kier molecular flexibility index (Phi) is 5.31. The van der Waals surface area contributed by atoms with Crippen molar-refractivity contribution in [3.8, 4) is 23.7 Å². The summed E-state index contributed by atoms with van der Waals surface area (Å²) in [6, 6.07) is 41.4. The van der Waals surface area contributed by atoms with E-state index in [1.807, 2.05) is 48.5 Å². The number of nitrogens with zero attached hydrogens (tertiary/aromatic N) is 5. The molecule has 0 spiro atoms. The summed E-state index contributed by atoms with van der Waals surface area (Å²) in [7, 11) is 0. The first-order valence-corrected chi connectivity index (χ1v) is 14.0. The number of hydrogen-bond donors (Lipinski definition) is 0. The fourth-order valence-corrected chi connectivity index (χ4v) is 5.98. The number of benzene rings is 5. The van der Waals surface area contributed by atoms with Gasteiger partial charge in [0, 0.05) is 21.5 Å². The smallest absolute Gasteiger partial charge is 0.328 e. The zero-order chi connectivity index (χ0) is 26.6. The molecule has 190 valence electrons. The molecule has 0 aliphatic heterocycles. The van der Waals surface area contributed by atoms with E-state index in [1.165, 1.54) is 0 Å². The van der Waals surface area contributed by atoms with E-state index >= 15 is 0 Å². The molecule has 6 nitrogen and oxygen atoms in total. The number of hydrogen-bond acceptors (Lipinski definition) is 4. The molecule has 5 aromatic carbocycles. The molecule has 0 bridgehead atoms. The van der Waals surface area contributed by atoms with Crippen LogP contribution in [0.5, 0.6) is 11.8 Å². The average Bonchev–Trinajstić information content (AvgIpc) is 3.51. The predicted molar refractivity (Wildman–Crippen MR) is 168 cm³/mol. The number of aromatic nitrogens is 5. The molecule has 7 heteroatoms. The van der Waals surface area contributed by atoms with Gasteiger partial charge in [-0.2, -0.15) is 15.0 Å². The van der Waals surface area contributed by atoms with E-state index in [2.05, 4.69) is 105 Å². The molecule has 0 atom stereocenters. The van der Waals surface area contributed by atoms with E-state index in [0.717, 1.165) is 47.2 Å². The van der Waals surface area contributed by atoms with Crippen molar-refractivity contribution in [2.75, 3.05) is 0 Å². The molecular formula is C33H20IN5O. The summed E-state index contributed by atoms with van der Waals surface area (Å²) in [5, 5.41) is 4.54. The van der Waals surface area contributed by atoms with Crippen LogP contribution in [0.3, 0.4) is 0 Å². The molecule has 8 rings (SSSR count). The van der Waals surface area contributed by atoms with Crippen molar-refractivity contribution in [2.24, 2.45) is 0 Å². The summed E-state index contributed by atoms with van der Waals surface area (Å²) in [5.41, 5.74) is 4.07. The molecule has 8 aromatic rings. The van der Waals surface area contributed by atoms with Gasteiger partial charge in [-0.1, -0.05) is 84.9 Å². The second-order valence-electron chi connectivity index (χ2n) is 9.49. The van der Waals surface area contributed by atoms with Gasteiger partial charge in [0.15, 0.2) is 0 Å². The third kappa shape index (κ3) is 3.58. The summed E-state index contributed by atoms with van der Waals surface area (Å²) in [5.74, 6) is 1.67. The molecule has 0 aliphatic rings. The van der Waals surface area contributed by atoms with E-state index in [4.69, 9.17) is 19.7 Å². The highest BCUT2D eigenvalue weighted by Gasteiger charge is 2.20. The topological polar surface area (TPSA) is 57.8 Å². The molecule has 40 heavy (non-hydrogen) atoms. The number of fused-ring (bicyclic) bond motifs is 6. The monoisotopic (exact) mass is 629 g/mol. The highest BCUT2D eigenvalue weighted by Crippen LogP contribution is 2.34. The highest BCUT2D eigenvalue weighted by atomic mass is 127. The second kappa shape index (κ2) is 9.17. The lowest BCUT2D eigenvalue weighted by atomic mass is 10.2. The first kappa shape index (κ1) is 23.2. The Bertz CT molecular complexity index is 1990. The van der Waals surface area contributed by atoms with Crippen LogP contribution in [0.25, 0.3) is 55.5 Å². The number of rotatable bonds is 4. The number of ether oxygens (including phenoxy) is 1. The largest absolute Gasteiger partial charge is 0.423 e. The first-order valence-electron chi connectivity index (χ1n) is 12.9. The Labute approximate surface area is 242 Å². The van der Waals surface area contributed by atoms with E-state index in [9.17, 15) is 0 Å². The van der Waals surface area contributed by atoms with Gasteiger partial charge in [-0.05, 0) is 59.0 Å². The van der Waals surface area contributed by atoms with Crippen molar-refractivity contribution in [1.82, 2.24) is 24.1 Å². The van der Waals surface area contributed by atoms with Crippen molar-refractivity contribution in [2.45, 2.75) is 0 Å². The van der Waals surface area contributed by atoms with Crippen LogP contribution in [0.4, 0.5) is 0 Å². The van der Waals surface area contributed by atoms with Crippen LogP contribution < -0.4 is 4.74 Å². The van der Waals surface area contributed by atoms with Crippen LogP contribution in [-0.2, 0) is 0 Å². The lowest BCUT2D eigenvalue weighted by Gasteiger charge is -2.13. The molecule has 0 unspecified atom stereocenters. The van der Waals surface area contributed by atoms with Crippen molar-refractivity contribution in [1.29, 1.82) is 0 Å². The Hall–Kier alpha value is -4.76. The maximum absolute atomic E-state index is 6.34. The fraction of sp³-hybridized carbons (Fsp3) is 0. The summed E-state index contributed by atoms with van der Waals surface area (Å²) in [6.07, 6.45) is 0. The van der Waals surface area contributed by atoms with Gasteiger partial charge in [0.2, 0.25) is 11.9 Å². The third-order valence-electron chi connectivity index (χ3n) is 7.19. The Morgan fingerprint density at radius 3 is 1.25 bits per heavy atom. The Balaban J connectivity index is 1.46. The minimum atomic E-state index is 0.229. The zero-order valence-electron chi connectivity index (χ0n) is 21.1. The van der Waals surface area contributed by atoms with Crippen LogP contribution in [0, 0.1) is 3.57 Å². The van der Waals surface area contributed by atoms with Gasteiger partial charge in [0.25, 0.3) is 0 Å². The normalized spacial score (nSPS) is 11.6. The molecule has 0 saturated carbocycles. The van der Waals surface area contributed by atoms with Crippen molar-refractivity contribution in [3.63, 3.8) is 0 Å². The molecule has 3 heterocycles. The molecule has 0 N–H and O–H groups in total. The molecule has 0 aliphatic carbocycles. The summed E-state index contributed by atoms with van der Waals surface area (Å²) in [6.45, 7) is 0. The minimum absolute atomic E-state index is 0.229. The third-order valence-corrected chi connectivity index (χ3v) is 8.08. The van der Waals surface area contributed by atoms with E-state index in [-0.39, 0.29) is 6.01 Å². The Morgan fingerprint density at radius 1 is 0.450 bits per heavy atom. The van der Waals surface area contributed by atoms with Gasteiger partial charge in [-0.15, -0.1) is 0 Å². The summed E-state index contributed by atoms with van der Waals surface area (Å²) in [4.78, 5) is 14.9. The zero-order valence-corrected chi connectivity index (χ0v) is 23.2. The van der Waals surface area contributed by atoms with Gasteiger partial charge in [-0.25, -0.2) is 0 Å². The lowest BCUT2D eigenvalue weighted by molar-refractivity contribution is 0.434. The van der Waals surface area contributed by atoms with Gasteiger partial charge in [0.1, 0.15) is 5.75 Å². The van der Waals surface area contributed by atoms with Crippen molar-refractivity contribution < 1.29 is 4.74 Å². The number of halogens is 1. The number of para-hydroxylation sites is 5. The minimum Gasteiger partial charge on any atom is -0.423 e. The average molecular weight is 629 g/mol. The van der Waals surface area contributed by atoms with E-state index < -0.39 is 0 Å². The summed E-state index contributed by atoms with van der Waals surface area (Å²) >= 11 is 2.26. The standard InChI is InChI=1S/C33H20IN5O/c34-25-15-5-10-20-30(25)40-33-36-31(38-26-16-6-1-11-21(26)22-12-2-7-17-27(22)38)35-32(37-33)39-28-18-8-3-13-23(28)24-14-4-9-19-29(24)39/h1-20H. The Morgan fingerprint density at radius 2 is 0.825 bits per heavy atom. The lowest BCUT2D eigenvalue weighted by Crippen LogP contribution is -2.10. The van der Waals surface area contributed by atoms with Crippen LogP contribution in [-0.4, -0.2) is 24.1 Å². The van der Waals surface area contributed by atoms with Crippen molar-refractivity contribution >= 4 is 66.2 Å². The second-order valence-corrected chi connectivity index (χ2v) is 10.7. The van der Waals surface area contributed by atoms with Crippen LogP contribution >= 0.6 is 22.6 Å². The molecular weight excluding hydrogens is 609 g/mol. The SMILES string of the molecule is Ic1ccccc1Oc1nc(-n2c3ccccc3c3ccccc32)nc(-n2c3ccccc3c3ccccc32)n1. The predicted octanol–water partition coefficient (Wildman–Crippen LogP) is 8.46. The van der Waals surface area contributed by atoms with Crippen LogP contribution in [0.2, 0.25) is 0 Å². The molecule has 0 radical (unpaired) electrons. The van der Waals surface area contributed by atoms with Crippen LogP contribution in [0.1, 0.15) is 0 Å². The highest BCUT2D eigenvalue weighted by molar-refractivity contribution is 14.1. The van der Waals surface area contributed by atoms with E-state index in [1.54, 1.807) is 0 Å². The quantitative estimate of drug-likeness (QED) is 0.183. The van der Waals surface area contributed by atoms with Gasteiger partial charge in [0.05, 0.1) is 25.6 Å². The van der Waals surface area contributed by atoms with Crippen molar-refractivity contribution in [3.05, 3.63) is 125 Å². The molecule has 3 aromatic heterocycles. The molecule has 0 amide bonds. The van der Waals surface area contributed by atoms with E-state index in [0.29, 0.717) is 17.6 Å². The van der Waals surface area contributed by atoms with Gasteiger partial charge >= 0.3 is 6.01 Å². The van der Waals surface area contributed by atoms with Gasteiger partial charge in [-0.3, -0.25) is 9.13 Å². The fourth-order valence-electron chi connectivity index (χ4n) is 5.48. The first-order chi connectivity index (χ1) is 19.8. The summed E-state index contributed by atoms with van der Waals surface area (Å²) < 4.78 is 11.5. The maximum Gasteiger partial charge on any atom is 0.328 e. The van der Waals surface area contributed by atoms with Crippen LogP contribution in [0.15, 0.2) is 121 Å². The van der Waals surface area contributed by atoms with Gasteiger partial charge < -0.3 is 4.74 Å². The molecule has 0 saturated heterocycles.